The Balaban J connectivity index is 2.92. The van der Waals surface area contributed by atoms with Crippen molar-refractivity contribution in [3.8, 4) is 0 Å². The third-order valence-corrected chi connectivity index (χ3v) is 2.94. The number of nitrogens with one attached hydrogen (secondary N) is 1. The van der Waals surface area contributed by atoms with Crippen LogP contribution in [-0.2, 0) is 9.53 Å². The molecule has 0 heterocycles. The Hall–Kier alpha value is -1.59. The molecule has 110 valence electrons. The van der Waals surface area contributed by atoms with Gasteiger partial charge in [-0.25, -0.2) is 0 Å². The van der Waals surface area contributed by atoms with E-state index >= 15 is 0 Å². The zero-order chi connectivity index (χ0) is 15.3. The number of carboxylic acids is 1. The van der Waals surface area contributed by atoms with Crippen LogP contribution in [0.5, 0.6) is 0 Å². The SMILES string of the molecule is COCC(C)(CC(=O)O)NC(=O)c1cc(C)cc(Cl)c1. The smallest absolute Gasteiger partial charge is 0.305 e. The van der Waals surface area contributed by atoms with Crippen LogP contribution in [0.15, 0.2) is 18.2 Å². The van der Waals surface area contributed by atoms with Gasteiger partial charge < -0.3 is 15.2 Å². The first-order valence-corrected chi connectivity index (χ1v) is 6.44. The van der Waals surface area contributed by atoms with Gasteiger partial charge in [0.15, 0.2) is 0 Å². The van der Waals surface area contributed by atoms with Crippen molar-refractivity contribution in [1.29, 1.82) is 0 Å². The number of carbonyl (C=O) groups is 2. The predicted molar refractivity (Wildman–Crippen MR) is 76.2 cm³/mol. The quantitative estimate of drug-likeness (QED) is 0.845. The van der Waals surface area contributed by atoms with Gasteiger partial charge in [0.1, 0.15) is 0 Å². The number of methoxy groups -OCH3 is 1. The summed E-state index contributed by atoms with van der Waals surface area (Å²) in [5.74, 6) is -1.39. The van der Waals surface area contributed by atoms with E-state index in [0.717, 1.165) is 5.56 Å². The van der Waals surface area contributed by atoms with Crippen LogP contribution in [-0.4, -0.2) is 36.2 Å². The second-order valence-electron chi connectivity index (χ2n) is 5.04. The van der Waals surface area contributed by atoms with E-state index in [0.29, 0.717) is 10.6 Å². The lowest BCUT2D eigenvalue weighted by Gasteiger charge is -2.28. The fourth-order valence-corrected chi connectivity index (χ4v) is 2.29. The van der Waals surface area contributed by atoms with E-state index in [4.69, 9.17) is 21.4 Å². The summed E-state index contributed by atoms with van der Waals surface area (Å²) < 4.78 is 4.99. The van der Waals surface area contributed by atoms with Crippen molar-refractivity contribution in [3.63, 3.8) is 0 Å². The third kappa shape index (κ3) is 4.83. The molecular weight excluding hydrogens is 282 g/mol. The maximum absolute atomic E-state index is 12.2. The van der Waals surface area contributed by atoms with E-state index in [1.54, 1.807) is 19.1 Å². The molecule has 0 spiro atoms. The molecule has 1 unspecified atom stereocenters. The number of aliphatic carboxylic acids is 1. The maximum atomic E-state index is 12.2. The Kier molecular flexibility index (Phi) is 5.53. The minimum Gasteiger partial charge on any atom is -0.481 e. The summed E-state index contributed by atoms with van der Waals surface area (Å²) in [7, 11) is 1.45. The molecule has 0 aromatic heterocycles. The summed E-state index contributed by atoms with van der Waals surface area (Å²) >= 11 is 5.91. The molecule has 0 fully saturated rings. The number of halogens is 1. The van der Waals surface area contributed by atoms with Crippen LogP contribution in [0.1, 0.15) is 29.3 Å². The van der Waals surface area contributed by atoms with Crippen LogP contribution in [0.2, 0.25) is 5.02 Å². The summed E-state index contributed by atoms with van der Waals surface area (Å²) in [4.78, 5) is 23.1. The molecule has 6 heteroatoms. The van der Waals surface area contributed by atoms with Crippen molar-refractivity contribution >= 4 is 23.5 Å². The number of ether oxygens (including phenoxy) is 1. The third-order valence-electron chi connectivity index (χ3n) is 2.72. The van der Waals surface area contributed by atoms with Crippen LogP contribution < -0.4 is 5.32 Å². The largest absolute Gasteiger partial charge is 0.481 e. The number of rotatable bonds is 6. The Morgan fingerprint density at radius 1 is 1.40 bits per heavy atom. The van der Waals surface area contributed by atoms with Gasteiger partial charge in [-0.15, -0.1) is 0 Å². The molecule has 1 aromatic rings. The van der Waals surface area contributed by atoms with Gasteiger partial charge >= 0.3 is 5.97 Å². The molecule has 5 nitrogen and oxygen atoms in total. The zero-order valence-corrected chi connectivity index (χ0v) is 12.5. The van der Waals surface area contributed by atoms with Crippen molar-refractivity contribution < 1.29 is 19.4 Å². The van der Waals surface area contributed by atoms with E-state index in [1.807, 2.05) is 6.92 Å². The van der Waals surface area contributed by atoms with Gasteiger partial charge in [0.05, 0.1) is 18.6 Å². The van der Waals surface area contributed by atoms with E-state index < -0.39 is 11.5 Å². The molecule has 0 radical (unpaired) electrons. The van der Waals surface area contributed by atoms with Crippen LogP contribution in [0.4, 0.5) is 0 Å². The Morgan fingerprint density at radius 2 is 2.05 bits per heavy atom. The average molecular weight is 300 g/mol. The number of hydrogen-bond donors (Lipinski definition) is 2. The van der Waals surface area contributed by atoms with Crippen molar-refractivity contribution in [2.75, 3.05) is 13.7 Å². The van der Waals surface area contributed by atoms with E-state index in [1.165, 1.54) is 13.2 Å². The number of benzene rings is 1. The minimum atomic E-state index is -1.01. The predicted octanol–water partition coefficient (Wildman–Crippen LogP) is 2.26. The van der Waals surface area contributed by atoms with Gasteiger partial charge in [-0.3, -0.25) is 9.59 Å². The molecule has 0 aliphatic heterocycles. The molecule has 0 aliphatic rings. The summed E-state index contributed by atoms with van der Waals surface area (Å²) in [6, 6.07) is 4.97. The van der Waals surface area contributed by atoms with Crippen molar-refractivity contribution in [2.24, 2.45) is 0 Å². The Morgan fingerprint density at radius 3 is 2.55 bits per heavy atom. The second kappa shape index (κ2) is 6.72. The summed E-state index contributed by atoms with van der Waals surface area (Å²) in [6.45, 7) is 3.55. The highest BCUT2D eigenvalue weighted by Gasteiger charge is 2.30. The fourth-order valence-electron chi connectivity index (χ4n) is 2.00. The monoisotopic (exact) mass is 299 g/mol. The molecule has 0 saturated carbocycles. The first kappa shape index (κ1) is 16.5. The topological polar surface area (TPSA) is 75.6 Å². The van der Waals surface area contributed by atoms with Gasteiger partial charge in [0.2, 0.25) is 0 Å². The minimum absolute atomic E-state index is 0.102. The molecule has 2 N–H and O–H groups in total. The molecule has 1 aromatic carbocycles. The van der Waals surface area contributed by atoms with Crippen LogP contribution in [0.3, 0.4) is 0 Å². The lowest BCUT2D eigenvalue weighted by molar-refractivity contribution is -0.139. The standard InChI is InChI=1S/C14H18ClNO4/c1-9-4-10(6-11(15)5-9)13(19)16-14(2,8-20-3)7-12(17)18/h4-6H,7-8H2,1-3H3,(H,16,19)(H,17,18). The molecule has 20 heavy (non-hydrogen) atoms. The van der Waals surface area contributed by atoms with Gasteiger partial charge in [0.25, 0.3) is 5.91 Å². The number of carbonyl (C=O) groups excluding carboxylic acids is 1. The maximum Gasteiger partial charge on any atom is 0.305 e. The Labute approximate surface area is 122 Å². The lowest BCUT2D eigenvalue weighted by Crippen LogP contribution is -2.50. The van der Waals surface area contributed by atoms with Gasteiger partial charge in [0, 0.05) is 17.7 Å². The van der Waals surface area contributed by atoms with Crippen molar-refractivity contribution in [2.45, 2.75) is 25.8 Å². The van der Waals surface area contributed by atoms with E-state index in [-0.39, 0.29) is 18.9 Å². The van der Waals surface area contributed by atoms with Crippen LogP contribution in [0.25, 0.3) is 0 Å². The van der Waals surface area contributed by atoms with Crippen molar-refractivity contribution in [1.82, 2.24) is 5.32 Å². The molecule has 0 saturated heterocycles. The summed E-state index contributed by atoms with van der Waals surface area (Å²) in [6.07, 6.45) is -0.230. The fraction of sp³-hybridized carbons (Fsp3) is 0.429. The number of carboxylic acid groups (broad SMARTS) is 1. The number of amides is 1. The first-order chi connectivity index (χ1) is 9.25. The second-order valence-corrected chi connectivity index (χ2v) is 5.47. The lowest BCUT2D eigenvalue weighted by atomic mass is 9.98. The highest BCUT2D eigenvalue weighted by atomic mass is 35.5. The summed E-state index contributed by atoms with van der Waals surface area (Å²) in [5.41, 5.74) is 0.269. The average Bonchev–Trinajstić information content (AvgIpc) is 2.25. The van der Waals surface area contributed by atoms with E-state index in [2.05, 4.69) is 5.32 Å². The Bertz CT molecular complexity index is 498. The number of aryl methyl sites for hydroxylation is 1. The van der Waals surface area contributed by atoms with Crippen molar-refractivity contribution in [3.05, 3.63) is 34.3 Å². The molecule has 1 rings (SSSR count). The zero-order valence-electron chi connectivity index (χ0n) is 11.7. The van der Waals surface area contributed by atoms with Gasteiger partial charge in [-0.05, 0) is 37.6 Å². The first-order valence-electron chi connectivity index (χ1n) is 6.06. The van der Waals surface area contributed by atoms with Crippen LogP contribution >= 0.6 is 11.6 Å². The molecule has 0 aliphatic carbocycles. The van der Waals surface area contributed by atoms with E-state index in [9.17, 15) is 9.59 Å². The number of hydrogen-bond acceptors (Lipinski definition) is 3. The van der Waals surface area contributed by atoms with Gasteiger partial charge in [-0.1, -0.05) is 11.6 Å². The summed E-state index contributed by atoms with van der Waals surface area (Å²) in [5, 5.41) is 12.1. The molecule has 1 atom stereocenters. The highest BCUT2D eigenvalue weighted by molar-refractivity contribution is 6.31. The molecular formula is C14H18ClNO4. The normalized spacial score (nSPS) is 13.6. The molecule has 0 bridgehead atoms. The molecule has 1 amide bonds. The highest BCUT2D eigenvalue weighted by Crippen LogP contribution is 2.17. The van der Waals surface area contributed by atoms with Gasteiger partial charge in [-0.2, -0.15) is 0 Å². The van der Waals surface area contributed by atoms with Crippen LogP contribution in [0, 0.1) is 6.92 Å².